The quantitative estimate of drug-likeness (QED) is 0.172. The molecular weight excluding hydrogens is 554 g/mol. The largest absolute Gasteiger partial charge is 0.416 e. The molecule has 0 amide bonds. The van der Waals surface area contributed by atoms with Gasteiger partial charge in [0.15, 0.2) is 0 Å². The van der Waals surface area contributed by atoms with Crippen molar-refractivity contribution in [3.05, 3.63) is 95.1 Å². The first-order valence-corrected chi connectivity index (χ1v) is 12.9. The summed E-state index contributed by atoms with van der Waals surface area (Å²) in [5, 5.41) is 4.83. The van der Waals surface area contributed by atoms with Crippen LogP contribution >= 0.6 is 11.3 Å². The predicted molar refractivity (Wildman–Crippen MR) is 139 cm³/mol. The summed E-state index contributed by atoms with van der Waals surface area (Å²) in [5.41, 5.74) is 0.945. The molecular formula is C28H20F6N4OS. The van der Waals surface area contributed by atoms with Crippen molar-refractivity contribution < 1.29 is 31.2 Å². The molecule has 0 N–H and O–H groups in total. The molecule has 0 spiro atoms. The third-order valence-corrected chi connectivity index (χ3v) is 7.30. The fourth-order valence-electron chi connectivity index (χ4n) is 4.27. The van der Waals surface area contributed by atoms with Gasteiger partial charge in [0.25, 0.3) is 0 Å². The summed E-state index contributed by atoms with van der Waals surface area (Å²) in [7, 11) is 0. The molecule has 0 fully saturated rings. The van der Waals surface area contributed by atoms with Gasteiger partial charge >= 0.3 is 12.4 Å². The third-order valence-electron chi connectivity index (χ3n) is 6.15. The molecule has 0 atom stereocenters. The van der Waals surface area contributed by atoms with Crippen LogP contribution in [0.1, 0.15) is 46.5 Å². The summed E-state index contributed by atoms with van der Waals surface area (Å²) in [6.07, 6.45) is -2.91. The summed E-state index contributed by atoms with van der Waals surface area (Å²) in [6, 6.07) is 8.83. The van der Waals surface area contributed by atoms with Gasteiger partial charge in [-0.2, -0.15) is 26.3 Å². The van der Waals surface area contributed by atoms with Crippen LogP contribution in [-0.2, 0) is 30.2 Å². The van der Waals surface area contributed by atoms with E-state index < -0.39 is 30.1 Å². The van der Waals surface area contributed by atoms with Crippen molar-refractivity contribution in [1.82, 2.24) is 15.0 Å². The SMILES string of the molecule is C=Cc1nc(-c2cccnc2)sc1-c1ccc2c(n1)/C(=N/OCc1cc(C(F)(F)F)cc(C(F)(F)F)c1)CCC2. The minimum Gasteiger partial charge on any atom is -0.391 e. The van der Waals surface area contributed by atoms with Crippen LogP contribution in [0.15, 0.2) is 66.6 Å². The van der Waals surface area contributed by atoms with Crippen molar-refractivity contribution in [2.45, 2.75) is 38.2 Å². The van der Waals surface area contributed by atoms with Gasteiger partial charge in [0.05, 0.1) is 33.1 Å². The van der Waals surface area contributed by atoms with Crippen LogP contribution in [0.3, 0.4) is 0 Å². The smallest absolute Gasteiger partial charge is 0.391 e. The highest BCUT2D eigenvalue weighted by Gasteiger charge is 2.37. The highest BCUT2D eigenvalue weighted by molar-refractivity contribution is 7.18. The molecule has 0 radical (unpaired) electrons. The van der Waals surface area contributed by atoms with Gasteiger partial charge in [-0.1, -0.05) is 17.8 Å². The van der Waals surface area contributed by atoms with Gasteiger partial charge in [0.1, 0.15) is 17.3 Å². The van der Waals surface area contributed by atoms with E-state index in [1.165, 1.54) is 11.3 Å². The Morgan fingerprint density at radius 2 is 1.73 bits per heavy atom. The molecule has 0 aliphatic heterocycles. The zero-order valence-corrected chi connectivity index (χ0v) is 21.5. The second kappa shape index (κ2) is 10.8. The topological polar surface area (TPSA) is 60.3 Å². The lowest BCUT2D eigenvalue weighted by Gasteiger charge is -2.17. The van der Waals surface area contributed by atoms with Crippen LogP contribution in [0, 0.1) is 0 Å². The normalized spacial score (nSPS) is 14.7. The summed E-state index contributed by atoms with van der Waals surface area (Å²) in [5.74, 6) is 0. The van der Waals surface area contributed by atoms with Crippen LogP contribution in [0.25, 0.3) is 27.2 Å². The maximum Gasteiger partial charge on any atom is 0.416 e. The van der Waals surface area contributed by atoms with Gasteiger partial charge in [-0.15, -0.1) is 11.3 Å². The number of oxime groups is 1. The van der Waals surface area contributed by atoms with Crippen LogP contribution in [-0.4, -0.2) is 20.7 Å². The van der Waals surface area contributed by atoms with Gasteiger partial charge in [0.2, 0.25) is 0 Å². The molecule has 5 rings (SSSR count). The van der Waals surface area contributed by atoms with Crippen LogP contribution in [0.4, 0.5) is 26.3 Å². The van der Waals surface area contributed by atoms with E-state index in [4.69, 9.17) is 9.82 Å². The highest BCUT2D eigenvalue weighted by atomic mass is 32.1. The van der Waals surface area contributed by atoms with Gasteiger partial charge < -0.3 is 4.84 Å². The summed E-state index contributed by atoms with van der Waals surface area (Å²) in [6.45, 7) is 3.28. The number of hydrogen-bond donors (Lipinski definition) is 0. The molecule has 0 unspecified atom stereocenters. The average molecular weight is 575 g/mol. The van der Waals surface area contributed by atoms with Crippen molar-refractivity contribution in [3.63, 3.8) is 0 Å². The van der Waals surface area contributed by atoms with Gasteiger partial charge in [-0.05, 0) is 72.9 Å². The van der Waals surface area contributed by atoms with E-state index in [-0.39, 0.29) is 11.6 Å². The minimum absolute atomic E-state index is 0.0783. The first-order chi connectivity index (χ1) is 19.0. The van der Waals surface area contributed by atoms with E-state index >= 15 is 0 Å². The average Bonchev–Trinajstić information content (AvgIpc) is 3.37. The molecule has 40 heavy (non-hydrogen) atoms. The van der Waals surface area contributed by atoms with Crippen LogP contribution in [0.5, 0.6) is 0 Å². The Hall–Kier alpha value is -4.06. The van der Waals surface area contributed by atoms with E-state index in [0.717, 1.165) is 33.9 Å². The molecule has 3 aromatic heterocycles. The number of halogens is 6. The Balaban J connectivity index is 1.43. The second-order valence-corrected chi connectivity index (χ2v) is 9.96. The Labute approximate surface area is 228 Å². The van der Waals surface area contributed by atoms with Crippen molar-refractivity contribution in [1.29, 1.82) is 0 Å². The number of rotatable bonds is 6. The Bertz CT molecular complexity index is 1550. The van der Waals surface area contributed by atoms with E-state index in [1.54, 1.807) is 18.5 Å². The maximum atomic E-state index is 13.2. The Morgan fingerprint density at radius 3 is 2.38 bits per heavy atom. The van der Waals surface area contributed by atoms with E-state index in [2.05, 4.69) is 21.7 Å². The molecule has 1 aromatic carbocycles. The van der Waals surface area contributed by atoms with Crippen molar-refractivity contribution in [2.75, 3.05) is 0 Å². The lowest BCUT2D eigenvalue weighted by molar-refractivity contribution is -0.143. The maximum absolute atomic E-state index is 13.2. The van der Waals surface area contributed by atoms with Crippen molar-refractivity contribution in [3.8, 4) is 21.1 Å². The Morgan fingerprint density at radius 1 is 0.975 bits per heavy atom. The number of alkyl halides is 6. The van der Waals surface area contributed by atoms with Gasteiger partial charge in [-0.25, -0.2) is 9.97 Å². The molecule has 0 bridgehead atoms. The first-order valence-electron chi connectivity index (χ1n) is 12.0. The highest BCUT2D eigenvalue weighted by Crippen LogP contribution is 2.38. The number of aryl methyl sites for hydroxylation is 1. The molecule has 0 saturated carbocycles. The monoisotopic (exact) mass is 574 g/mol. The number of benzene rings is 1. The second-order valence-electron chi connectivity index (χ2n) is 8.96. The molecule has 0 saturated heterocycles. The van der Waals surface area contributed by atoms with Gasteiger partial charge in [0, 0.05) is 18.0 Å². The zero-order valence-electron chi connectivity index (χ0n) is 20.7. The standard InChI is InChI=1S/C28H20F6N4OS/c1-2-21-25(40-26(37-21)18-6-4-10-35-14-18)23-9-8-17-5-3-7-22(24(17)36-23)38-39-15-16-11-19(27(29,30)31)13-20(12-16)28(32,33)34/h2,4,6,8-14H,1,3,5,7,15H2/b38-22+. The third kappa shape index (κ3) is 5.91. The number of hydrogen-bond acceptors (Lipinski definition) is 6. The lowest BCUT2D eigenvalue weighted by atomic mass is 9.94. The van der Waals surface area contributed by atoms with Gasteiger partial charge in [-0.3, -0.25) is 4.98 Å². The minimum atomic E-state index is -4.94. The number of aromatic nitrogens is 3. The molecule has 3 heterocycles. The Kier molecular flexibility index (Phi) is 7.45. The summed E-state index contributed by atoms with van der Waals surface area (Å²) < 4.78 is 79.1. The van der Waals surface area contributed by atoms with Crippen LogP contribution < -0.4 is 0 Å². The number of fused-ring (bicyclic) bond motifs is 1. The number of pyridine rings is 2. The van der Waals surface area contributed by atoms with Crippen molar-refractivity contribution in [2.24, 2.45) is 5.16 Å². The van der Waals surface area contributed by atoms with Crippen molar-refractivity contribution >= 4 is 23.1 Å². The number of nitrogens with zero attached hydrogens (tertiary/aromatic N) is 4. The van der Waals surface area contributed by atoms with E-state index in [0.29, 0.717) is 41.3 Å². The predicted octanol–water partition coefficient (Wildman–Crippen LogP) is 8.20. The van der Waals surface area contributed by atoms with E-state index in [1.807, 2.05) is 24.3 Å². The fraction of sp³-hybridized carbons (Fsp3) is 0.214. The fourth-order valence-corrected chi connectivity index (χ4v) is 5.30. The molecule has 4 aromatic rings. The zero-order chi connectivity index (χ0) is 28.5. The molecule has 1 aliphatic carbocycles. The van der Waals surface area contributed by atoms with E-state index in [9.17, 15) is 26.3 Å². The summed E-state index contributed by atoms with van der Waals surface area (Å²) >= 11 is 1.42. The first kappa shape index (κ1) is 27.5. The number of thiazole rings is 1. The lowest BCUT2D eigenvalue weighted by Crippen LogP contribution is -2.15. The van der Waals surface area contributed by atoms with Crippen LogP contribution in [0.2, 0.25) is 0 Å². The molecule has 206 valence electrons. The molecule has 5 nitrogen and oxygen atoms in total. The molecule has 12 heteroatoms. The molecule has 1 aliphatic rings. The summed E-state index contributed by atoms with van der Waals surface area (Å²) in [4.78, 5) is 19.6.